The molecule has 1 atom stereocenters. The first-order valence-corrected chi connectivity index (χ1v) is 11.1. The standard InChI is InChI=1S/C19H19BrN2O5S/c1-11-7-13-8-14(20)9-18(19(13)22(11)12(2)23)28(24,25)21-15-3-4-16-17(10-15)27-6-5-26-16/h3-4,8-11,21H,5-7H2,1-2H3/t11-/m1/s1. The van der Waals surface area contributed by atoms with E-state index < -0.39 is 10.0 Å². The summed E-state index contributed by atoms with van der Waals surface area (Å²) in [5, 5.41) is 0. The molecule has 0 aromatic heterocycles. The molecule has 0 aliphatic carbocycles. The van der Waals surface area contributed by atoms with Crippen LogP contribution < -0.4 is 19.1 Å². The molecule has 0 saturated carbocycles. The van der Waals surface area contributed by atoms with Crippen LogP contribution in [0.5, 0.6) is 11.5 Å². The molecule has 4 rings (SSSR count). The van der Waals surface area contributed by atoms with Crippen molar-refractivity contribution < 1.29 is 22.7 Å². The third-order valence-corrected chi connectivity index (χ3v) is 6.59. The summed E-state index contributed by atoms with van der Waals surface area (Å²) in [6, 6.07) is 8.15. The Bertz CT molecular complexity index is 1070. The fourth-order valence-electron chi connectivity index (χ4n) is 3.68. The highest BCUT2D eigenvalue weighted by Crippen LogP contribution is 2.41. The smallest absolute Gasteiger partial charge is 0.264 e. The maximum Gasteiger partial charge on any atom is 0.264 e. The zero-order valence-corrected chi connectivity index (χ0v) is 17.8. The number of amides is 1. The summed E-state index contributed by atoms with van der Waals surface area (Å²) in [6.07, 6.45) is 0.598. The van der Waals surface area contributed by atoms with Gasteiger partial charge in [-0.2, -0.15) is 0 Å². The SMILES string of the molecule is CC(=O)N1c2c(cc(Br)cc2S(=O)(=O)Nc2ccc3c(c2)OCCO3)C[C@H]1C. The molecule has 148 valence electrons. The molecule has 0 fully saturated rings. The van der Waals surface area contributed by atoms with Crippen molar-refractivity contribution in [1.82, 2.24) is 0 Å². The van der Waals surface area contributed by atoms with E-state index in [1.807, 2.05) is 13.0 Å². The number of anilines is 2. The largest absolute Gasteiger partial charge is 0.486 e. The summed E-state index contributed by atoms with van der Waals surface area (Å²) in [7, 11) is -3.95. The number of benzene rings is 2. The number of halogens is 1. The van der Waals surface area contributed by atoms with Crippen molar-refractivity contribution in [2.24, 2.45) is 0 Å². The maximum atomic E-state index is 13.2. The molecule has 2 aliphatic heterocycles. The molecule has 2 aromatic carbocycles. The van der Waals surface area contributed by atoms with Gasteiger partial charge in [-0.25, -0.2) is 8.42 Å². The molecule has 2 aliphatic rings. The number of nitrogens with zero attached hydrogens (tertiary/aromatic N) is 1. The average molecular weight is 467 g/mol. The van der Waals surface area contributed by atoms with Gasteiger partial charge in [-0.3, -0.25) is 9.52 Å². The molecular weight excluding hydrogens is 448 g/mol. The fourth-order valence-corrected chi connectivity index (χ4v) is 5.65. The minimum atomic E-state index is -3.95. The summed E-state index contributed by atoms with van der Waals surface area (Å²) < 4.78 is 40.7. The van der Waals surface area contributed by atoms with Crippen molar-refractivity contribution in [3.8, 4) is 11.5 Å². The van der Waals surface area contributed by atoms with Crippen LogP contribution in [0, 0.1) is 0 Å². The van der Waals surface area contributed by atoms with Crippen molar-refractivity contribution in [2.75, 3.05) is 22.8 Å². The number of rotatable bonds is 3. The van der Waals surface area contributed by atoms with Gasteiger partial charge in [-0.05, 0) is 43.2 Å². The molecule has 28 heavy (non-hydrogen) atoms. The monoisotopic (exact) mass is 466 g/mol. The average Bonchev–Trinajstić information content (AvgIpc) is 2.96. The van der Waals surface area contributed by atoms with Gasteiger partial charge in [0.1, 0.15) is 18.1 Å². The lowest BCUT2D eigenvalue weighted by atomic mass is 10.1. The second kappa shape index (κ2) is 6.97. The lowest BCUT2D eigenvalue weighted by molar-refractivity contribution is -0.116. The van der Waals surface area contributed by atoms with Gasteiger partial charge in [0.05, 0.1) is 11.4 Å². The molecule has 7 nitrogen and oxygen atoms in total. The quantitative estimate of drug-likeness (QED) is 0.749. The highest BCUT2D eigenvalue weighted by Gasteiger charge is 2.35. The first-order valence-electron chi connectivity index (χ1n) is 8.81. The van der Waals surface area contributed by atoms with Gasteiger partial charge in [0.2, 0.25) is 5.91 Å². The van der Waals surface area contributed by atoms with Crippen LogP contribution in [0.3, 0.4) is 0 Å². The molecular formula is C19H19BrN2O5S. The van der Waals surface area contributed by atoms with Crippen LogP contribution in [-0.4, -0.2) is 33.6 Å². The first-order chi connectivity index (χ1) is 13.3. The van der Waals surface area contributed by atoms with Gasteiger partial charge < -0.3 is 14.4 Å². The minimum Gasteiger partial charge on any atom is -0.486 e. The van der Waals surface area contributed by atoms with Crippen molar-refractivity contribution in [1.29, 1.82) is 0 Å². The molecule has 2 aromatic rings. The number of hydrogen-bond donors (Lipinski definition) is 1. The summed E-state index contributed by atoms with van der Waals surface area (Å²) in [4.78, 5) is 13.8. The molecule has 0 saturated heterocycles. The lowest BCUT2D eigenvalue weighted by Gasteiger charge is -2.23. The van der Waals surface area contributed by atoms with E-state index in [0.717, 1.165) is 5.56 Å². The highest BCUT2D eigenvalue weighted by atomic mass is 79.9. The molecule has 0 radical (unpaired) electrons. The normalized spacial score (nSPS) is 18.0. The van der Waals surface area contributed by atoms with Gasteiger partial charge in [-0.15, -0.1) is 0 Å². The Balaban J connectivity index is 1.76. The maximum absolute atomic E-state index is 13.2. The van der Waals surface area contributed by atoms with Crippen LogP contribution in [-0.2, 0) is 21.2 Å². The van der Waals surface area contributed by atoms with E-state index in [1.54, 1.807) is 23.1 Å². The molecule has 1 N–H and O–H groups in total. The Morgan fingerprint density at radius 1 is 1.18 bits per heavy atom. The summed E-state index contributed by atoms with van der Waals surface area (Å²) in [5.74, 6) is 0.878. The Kier molecular flexibility index (Phi) is 4.75. The van der Waals surface area contributed by atoms with Crippen LogP contribution in [0.1, 0.15) is 19.4 Å². The van der Waals surface area contributed by atoms with Gasteiger partial charge in [0.15, 0.2) is 11.5 Å². The zero-order chi connectivity index (χ0) is 20.1. The zero-order valence-electron chi connectivity index (χ0n) is 15.4. The number of ether oxygens (including phenoxy) is 2. The number of carbonyl (C=O) groups is 1. The topological polar surface area (TPSA) is 84.9 Å². The number of nitrogens with one attached hydrogen (secondary N) is 1. The number of fused-ring (bicyclic) bond motifs is 2. The minimum absolute atomic E-state index is 0.0614. The second-order valence-electron chi connectivity index (χ2n) is 6.82. The Labute approximate surface area is 171 Å². The van der Waals surface area contributed by atoms with E-state index in [-0.39, 0.29) is 16.8 Å². The summed E-state index contributed by atoms with van der Waals surface area (Å²) in [5.41, 5.74) is 1.62. The van der Waals surface area contributed by atoms with E-state index in [4.69, 9.17) is 9.47 Å². The Morgan fingerprint density at radius 2 is 1.89 bits per heavy atom. The van der Waals surface area contributed by atoms with E-state index in [0.29, 0.717) is 47.0 Å². The predicted octanol–water partition coefficient (Wildman–Crippen LogP) is 3.32. The van der Waals surface area contributed by atoms with E-state index in [2.05, 4.69) is 20.7 Å². The van der Waals surface area contributed by atoms with Crippen LogP contribution in [0.4, 0.5) is 11.4 Å². The molecule has 2 heterocycles. The van der Waals surface area contributed by atoms with Gasteiger partial charge in [-0.1, -0.05) is 15.9 Å². The van der Waals surface area contributed by atoms with Crippen molar-refractivity contribution in [3.05, 3.63) is 40.4 Å². The van der Waals surface area contributed by atoms with Crippen molar-refractivity contribution in [3.63, 3.8) is 0 Å². The van der Waals surface area contributed by atoms with Crippen LogP contribution in [0.25, 0.3) is 0 Å². The lowest BCUT2D eigenvalue weighted by Crippen LogP contribution is -2.34. The van der Waals surface area contributed by atoms with Gasteiger partial charge in [0, 0.05) is 23.5 Å². The van der Waals surface area contributed by atoms with Gasteiger partial charge >= 0.3 is 0 Å². The summed E-state index contributed by atoms with van der Waals surface area (Å²) >= 11 is 3.39. The number of hydrogen-bond acceptors (Lipinski definition) is 5. The molecule has 0 spiro atoms. The van der Waals surface area contributed by atoms with E-state index in [9.17, 15) is 13.2 Å². The van der Waals surface area contributed by atoms with Gasteiger partial charge in [0.25, 0.3) is 10.0 Å². The highest BCUT2D eigenvalue weighted by molar-refractivity contribution is 9.10. The Morgan fingerprint density at radius 3 is 2.61 bits per heavy atom. The summed E-state index contributed by atoms with van der Waals surface area (Å²) in [6.45, 7) is 4.22. The molecule has 9 heteroatoms. The third-order valence-electron chi connectivity index (χ3n) is 4.74. The van der Waals surface area contributed by atoms with Crippen molar-refractivity contribution in [2.45, 2.75) is 31.2 Å². The Hall–Kier alpha value is -2.26. The van der Waals surface area contributed by atoms with E-state index in [1.165, 1.54) is 13.0 Å². The third kappa shape index (κ3) is 3.33. The first kappa shape index (κ1) is 19.1. The molecule has 0 bridgehead atoms. The van der Waals surface area contributed by atoms with Crippen molar-refractivity contribution >= 4 is 43.2 Å². The molecule has 1 amide bonds. The van der Waals surface area contributed by atoms with E-state index >= 15 is 0 Å². The number of carbonyl (C=O) groups excluding carboxylic acids is 1. The second-order valence-corrected chi connectivity index (χ2v) is 9.38. The molecule has 0 unspecified atom stereocenters. The number of sulfonamides is 1. The van der Waals surface area contributed by atoms with Crippen LogP contribution >= 0.6 is 15.9 Å². The fraction of sp³-hybridized carbons (Fsp3) is 0.316. The van der Waals surface area contributed by atoms with Crippen LogP contribution in [0.15, 0.2) is 39.7 Å². The van der Waals surface area contributed by atoms with Crippen LogP contribution in [0.2, 0.25) is 0 Å². The predicted molar refractivity (Wildman–Crippen MR) is 109 cm³/mol.